The molecule has 0 aliphatic carbocycles. The van der Waals surface area contributed by atoms with E-state index in [9.17, 15) is 9.18 Å². The van der Waals surface area contributed by atoms with Crippen molar-refractivity contribution in [1.82, 2.24) is 9.80 Å². The molecule has 0 saturated carbocycles. The van der Waals surface area contributed by atoms with Gasteiger partial charge >= 0.3 is 0 Å². The number of hydrogen-bond donors (Lipinski definition) is 0. The molecular weight excluding hydrogens is 499 g/mol. The first-order valence-electron chi connectivity index (χ1n) is 14.2. The van der Waals surface area contributed by atoms with E-state index in [4.69, 9.17) is 18.9 Å². The quantitative estimate of drug-likeness (QED) is 0.332. The summed E-state index contributed by atoms with van der Waals surface area (Å²) in [6.45, 7) is 5.05. The molecule has 7 nitrogen and oxygen atoms in total. The molecule has 4 rings (SSSR count). The Morgan fingerprint density at radius 1 is 0.897 bits per heavy atom. The van der Waals surface area contributed by atoms with E-state index in [1.54, 1.807) is 32.4 Å². The molecule has 1 atom stereocenters. The zero-order valence-electron chi connectivity index (χ0n) is 23.5. The molecular formula is C31H43FN2O5. The summed E-state index contributed by atoms with van der Waals surface area (Å²) in [4.78, 5) is 16.6. The minimum atomic E-state index is -0.440. The second-order valence-electron chi connectivity index (χ2n) is 10.6. The van der Waals surface area contributed by atoms with Crippen LogP contribution in [0.3, 0.4) is 0 Å². The highest BCUT2D eigenvalue weighted by atomic mass is 19.1. The summed E-state index contributed by atoms with van der Waals surface area (Å²) in [5.41, 5.74) is 0.714. The Balaban J connectivity index is 1.27. The molecule has 8 heteroatoms. The lowest BCUT2D eigenvalue weighted by molar-refractivity contribution is -0.130. The van der Waals surface area contributed by atoms with Crippen molar-refractivity contribution in [3.05, 3.63) is 53.8 Å². The number of carbonyl (C=O) groups excluding carboxylic acids is 1. The molecule has 39 heavy (non-hydrogen) atoms. The highest BCUT2D eigenvalue weighted by Crippen LogP contribution is 2.31. The summed E-state index contributed by atoms with van der Waals surface area (Å²) in [7, 11) is 3.38. The van der Waals surface area contributed by atoms with Crippen LogP contribution < -0.4 is 14.2 Å². The predicted molar refractivity (Wildman–Crippen MR) is 149 cm³/mol. The fourth-order valence-electron chi connectivity index (χ4n) is 5.46. The van der Waals surface area contributed by atoms with Gasteiger partial charge in [-0.15, -0.1) is 0 Å². The first-order chi connectivity index (χ1) is 19.0. The third-order valence-electron chi connectivity index (χ3n) is 7.89. The smallest absolute Gasteiger partial charge is 0.222 e. The maximum absolute atomic E-state index is 14.0. The molecule has 2 aliphatic heterocycles. The molecule has 2 saturated heterocycles. The number of nitrogens with zero attached hydrogens (tertiary/aromatic N) is 2. The van der Waals surface area contributed by atoms with Crippen molar-refractivity contribution in [2.75, 3.05) is 53.6 Å². The first kappa shape index (κ1) is 29.2. The van der Waals surface area contributed by atoms with Gasteiger partial charge < -0.3 is 23.8 Å². The zero-order chi connectivity index (χ0) is 27.5. The predicted octanol–water partition coefficient (Wildman–Crippen LogP) is 5.46. The number of para-hydroxylation sites is 1. The van der Waals surface area contributed by atoms with E-state index >= 15 is 0 Å². The maximum Gasteiger partial charge on any atom is 0.222 e. The van der Waals surface area contributed by atoms with Gasteiger partial charge in [0.25, 0.3) is 0 Å². The van der Waals surface area contributed by atoms with E-state index in [2.05, 4.69) is 11.0 Å². The molecule has 214 valence electrons. The molecule has 2 aromatic rings. The van der Waals surface area contributed by atoms with Crippen LogP contribution >= 0.6 is 0 Å². The van der Waals surface area contributed by atoms with E-state index in [0.717, 1.165) is 94.7 Å². The lowest BCUT2D eigenvalue weighted by Crippen LogP contribution is -2.39. The van der Waals surface area contributed by atoms with Gasteiger partial charge in [-0.3, -0.25) is 9.69 Å². The summed E-state index contributed by atoms with van der Waals surface area (Å²) in [5, 5.41) is 0. The topological polar surface area (TPSA) is 60.5 Å². The van der Waals surface area contributed by atoms with Crippen molar-refractivity contribution in [1.29, 1.82) is 0 Å². The molecule has 1 unspecified atom stereocenters. The number of methoxy groups -OCH3 is 2. The van der Waals surface area contributed by atoms with Gasteiger partial charge in [-0.05, 0) is 74.9 Å². The minimum absolute atomic E-state index is 0.264. The molecule has 0 aromatic heterocycles. The number of hydrogen-bond acceptors (Lipinski definition) is 6. The molecule has 0 radical (unpaired) electrons. The molecule has 2 fully saturated rings. The molecule has 0 spiro atoms. The Hall–Kier alpha value is -2.84. The third kappa shape index (κ3) is 8.32. The fraction of sp³-hybridized carbons (Fsp3) is 0.581. The molecule has 0 bridgehead atoms. The number of carbonyl (C=O) groups is 1. The first-order valence-corrected chi connectivity index (χ1v) is 14.2. The van der Waals surface area contributed by atoms with E-state index in [-0.39, 0.29) is 17.5 Å². The van der Waals surface area contributed by atoms with E-state index in [1.807, 2.05) is 17.0 Å². The van der Waals surface area contributed by atoms with Crippen molar-refractivity contribution in [2.24, 2.45) is 0 Å². The van der Waals surface area contributed by atoms with Crippen molar-refractivity contribution in [2.45, 2.75) is 63.5 Å². The maximum atomic E-state index is 14.0. The van der Waals surface area contributed by atoms with Crippen LogP contribution in [0, 0.1) is 5.82 Å². The van der Waals surface area contributed by atoms with E-state index in [0.29, 0.717) is 19.6 Å². The standard InChI is InChI=1S/C31H43FN2O5/c1-36-29-22-25(13-14-28(29)38-21-9-19-34-18-7-3-4-12-30(34)35)23-33-17-8-15-31(37-2,16-20-33)24-39-27-11-6-5-10-26(27)32/h5-6,10-11,13-14,22H,3-4,7-9,12,15-21,23-24H2,1-2H3. The number of benzene rings is 2. The number of amides is 1. The van der Waals surface area contributed by atoms with E-state index < -0.39 is 5.60 Å². The summed E-state index contributed by atoms with van der Waals surface area (Å²) in [6.07, 6.45) is 7.32. The van der Waals surface area contributed by atoms with Gasteiger partial charge in [-0.1, -0.05) is 24.6 Å². The Morgan fingerprint density at radius 3 is 2.59 bits per heavy atom. The number of likely N-dealkylation sites (tertiary alicyclic amines) is 2. The van der Waals surface area contributed by atoms with Crippen LogP contribution in [0.2, 0.25) is 0 Å². The SMILES string of the molecule is COc1cc(CN2CCCC(COc3ccccc3F)(OC)CC2)ccc1OCCCN1CCCCCC1=O. The van der Waals surface area contributed by atoms with Gasteiger partial charge in [0.15, 0.2) is 23.1 Å². The summed E-state index contributed by atoms with van der Waals surface area (Å²) in [6, 6.07) is 12.6. The van der Waals surface area contributed by atoms with Crippen LogP contribution in [-0.4, -0.2) is 74.9 Å². The van der Waals surface area contributed by atoms with Crippen molar-refractivity contribution < 1.29 is 28.1 Å². The van der Waals surface area contributed by atoms with Gasteiger partial charge in [-0.25, -0.2) is 4.39 Å². The molecule has 2 heterocycles. The zero-order valence-corrected chi connectivity index (χ0v) is 23.5. The minimum Gasteiger partial charge on any atom is -0.493 e. The Bertz CT molecular complexity index is 1070. The van der Waals surface area contributed by atoms with Crippen LogP contribution in [0.5, 0.6) is 17.2 Å². The molecule has 1 amide bonds. The summed E-state index contributed by atoms with van der Waals surface area (Å²) >= 11 is 0. The molecule has 0 N–H and O–H groups in total. The number of halogens is 1. The lowest BCUT2D eigenvalue weighted by atomic mass is 9.95. The second-order valence-corrected chi connectivity index (χ2v) is 10.6. The number of rotatable bonds is 12. The molecule has 2 aromatic carbocycles. The van der Waals surface area contributed by atoms with E-state index in [1.165, 1.54) is 6.07 Å². The largest absolute Gasteiger partial charge is 0.493 e. The van der Waals surface area contributed by atoms with Crippen molar-refractivity contribution in [3.63, 3.8) is 0 Å². The van der Waals surface area contributed by atoms with Crippen LogP contribution in [0.4, 0.5) is 4.39 Å². The number of ether oxygens (including phenoxy) is 4. The van der Waals surface area contributed by atoms with Gasteiger partial charge in [-0.2, -0.15) is 0 Å². The molecule has 2 aliphatic rings. The highest BCUT2D eigenvalue weighted by molar-refractivity contribution is 5.76. The van der Waals surface area contributed by atoms with Gasteiger partial charge in [0.1, 0.15) is 12.2 Å². The van der Waals surface area contributed by atoms with Crippen molar-refractivity contribution >= 4 is 5.91 Å². The van der Waals surface area contributed by atoms with Gasteiger partial charge in [0.05, 0.1) is 13.7 Å². The average Bonchev–Trinajstić information content (AvgIpc) is 3.29. The highest BCUT2D eigenvalue weighted by Gasteiger charge is 2.34. The third-order valence-corrected chi connectivity index (χ3v) is 7.89. The Morgan fingerprint density at radius 2 is 1.77 bits per heavy atom. The lowest BCUT2D eigenvalue weighted by Gasteiger charge is -2.31. The Labute approximate surface area is 232 Å². The van der Waals surface area contributed by atoms with Crippen LogP contribution in [-0.2, 0) is 16.1 Å². The van der Waals surface area contributed by atoms with Gasteiger partial charge in [0, 0.05) is 39.7 Å². The normalized spacial score (nSPS) is 20.8. The summed E-state index contributed by atoms with van der Waals surface area (Å²) in [5.74, 6) is 1.62. The van der Waals surface area contributed by atoms with Crippen LogP contribution in [0.25, 0.3) is 0 Å². The van der Waals surface area contributed by atoms with Crippen molar-refractivity contribution in [3.8, 4) is 17.2 Å². The summed E-state index contributed by atoms with van der Waals surface area (Å²) < 4.78 is 37.5. The monoisotopic (exact) mass is 542 g/mol. The van der Waals surface area contributed by atoms with Gasteiger partial charge in [0.2, 0.25) is 5.91 Å². The van der Waals surface area contributed by atoms with Crippen LogP contribution in [0.15, 0.2) is 42.5 Å². The van der Waals surface area contributed by atoms with Crippen LogP contribution in [0.1, 0.15) is 56.9 Å². The fourth-order valence-corrected chi connectivity index (χ4v) is 5.46. The average molecular weight is 543 g/mol. The Kier molecular flexibility index (Phi) is 10.9. The second kappa shape index (κ2) is 14.5.